The Labute approximate surface area is 332 Å². The molecule has 0 saturated carbocycles. The summed E-state index contributed by atoms with van der Waals surface area (Å²) in [6.07, 6.45) is 0. The Hall–Kier alpha value is -7.35. The largest absolute Gasteiger partial charge is 0.248 e. The van der Waals surface area contributed by atoms with Crippen LogP contribution in [-0.2, 0) is 5.41 Å². The van der Waals surface area contributed by atoms with E-state index in [2.05, 4.69) is 212 Å². The number of benzene rings is 9. The summed E-state index contributed by atoms with van der Waals surface area (Å²) in [6.45, 7) is 0. The van der Waals surface area contributed by atoms with E-state index in [1.807, 2.05) is 0 Å². The molecule has 1 nitrogen and oxygen atoms in total. The lowest BCUT2D eigenvalue weighted by Gasteiger charge is -2.40. The third kappa shape index (κ3) is 4.54. The van der Waals surface area contributed by atoms with E-state index in [4.69, 9.17) is 4.98 Å². The summed E-state index contributed by atoms with van der Waals surface area (Å²) in [7, 11) is 0. The third-order valence-corrected chi connectivity index (χ3v) is 12.5. The van der Waals surface area contributed by atoms with Crippen molar-refractivity contribution in [2.24, 2.45) is 0 Å². The Morgan fingerprint density at radius 3 is 1.56 bits per heavy atom. The van der Waals surface area contributed by atoms with E-state index in [0.29, 0.717) is 0 Å². The van der Waals surface area contributed by atoms with Gasteiger partial charge in [0.1, 0.15) is 0 Å². The number of fused-ring (bicyclic) bond motifs is 7. The highest BCUT2D eigenvalue weighted by Crippen LogP contribution is 2.64. The van der Waals surface area contributed by atoms with Crippen LogP contribution in [0.3, 0.4) is 0 Å². The zero-order valence-electron chi connectivity index (χ0n) is 31.2. The fourth-order valence-electron chi connectivity index (χ4n) is 10.2. The molecule has 1 aromatic heterocycles. The Kier molecular flexibility index (Phi) is 6.91. The zero-order chi connectivity index (χ0) is 37.5. The van der Waals surface area contributed by atoms with Crippen LogP contribution in [0.25, 0.3) is 88.6 Å². The van der Waals surface area contributed by atoms with E-state index < -0.39 is 5.41 Å². The van der Waals surface area contributed by atoms with E-state index in [-0.39, 0.29) is 0 Å². The summed E-state index contributed by atoms with van der Waals surface area (Å²) in [6, 6.07) is 78.0. The number of aromatic nitrogens is 1. The van der Waals surface area contributed by atoms with Crippen LogP contribution in [0, 0.1) is 0 Å². The minimum Gasteiger partial charge on any atom is -0.248 e. The Balaban J connectivity index is 1.11. The molecular formula is C56H35N. The molecule has 1 unspecified atom stereocenters. The first kappa shape index (κ1) is 31.9. The van der Waals surface area contributed by atoms with Gasteiger partial charge in [-0.3, -0.25) is 0 Å². The smallest absolute Gasteiger partial charge is 0.0725 e. The zero-order valence-corrected chi connectivity index (χ0v) is 31.2. The Bertz CT molecular complexity index is 3140. The molecule has 0 saturated heterocycles. The SMILES string of the molecule is c1ccc(-c2cc(-c3ccccc3)nc(-c3ccc(-c4c5ccccc5c5c6c(cccc46)C4(c6ccccc6)c6ccccc6-c6cccc-5c64)cc3)c2)cc1. The van der Waals surface area contributed by atoms with E-state index in [9.17, 15) is 0 Å². The molecular weight excluding hydrogens is 687 g/mol. The first-order valence-electron chi connectivity index (χ1n) is 19.8. The van der Waals surface area contributed by atoms with Crippen LogP contribution in [-0.4, -0.2) is 4.98 Å². The molecule has 9 aromatic carbocycles. The van der Waals surface area contributed by atoms with Gasteiger partial charge in [-0.1, -0.05) is 200 Å². The highest BCUT2D eigenvalue weighted by Gasteiger charge is 2.51. The van der Waals surface area contributed by atoms with Crippen molar-refractivity contribution in [1.29, 1.82) is 0 Å². The molecule has 264 valence electrons. The number of nitrogens with zero attached hydrogens (tertiary/aromatic N) is 1. The van der Waals surface area contributed by atoms with Crippen molar-refractivity contribution < 1.29 is 0 Å². The molecule has 0 amide bonds. The average molecular weight is 722 g/mol. The molecule has 0 bridgehead atoms. The summed E-state index contributed by atoms with van der Waals surface area (Å²) in [5.41, 5.74) is 19.2. The lowest BCUT2D eigenvalue weighted by molar-refractivity contribution is 0.774. The minimum absolute atomic E-state index is 0.439. The molecule has 2 aliphatic carbocycles. The molecule has 0 N–H and O–H groups in total. The molecule has 1 heteroatoms. The molecule has 2 aliphatic rings. The van der Waals surface area contributed by atoms with Gasteiger partial charge < -0.3 is 0 Å². The highest BCUT2D eigenvalue weighted by molar-refractivity contribution is 6.25. The van der Waals surface area contributed by atoms with Crippen molar-refractivity contribution in [3.63, 3.8) is 0 Å². The van der Waals surface area contributed by atoms with Gasteiger partial charge in [-0.25, -0.2) is 4.98 Å². The van der Waals surface area contributed by atoms with Crippen molar-refractivity contribution in [3.8, 4) is 67.0 Å². The molecule has 1 heterocycles. The summed E-state index contributed by atoms with van der Waals surface area (Å²) < 4.78 is 0. The normalized spacial score (nSPS) is 14.7. The maximum atomic E-state index is 5.24. The molecule has 0 aliphatic heterocycles. The molecule has 0 spiro atoms. The van der Waals surface area contributed by atoms with Crippen LogP contribution in [0.5, 0.6) is 0 Å². The summed E-state index contributed by atoms with van der Waals surface area (Å²) in [4.78, 5) is 5.24. The number of rotatable bonds is 5. The minimum atomic E-state index is -0.439. The van der Waals surface area contributed by atoms with E-state index >= 15 is 0 Å². The number of hydrogen-bond donors (Lipinski definition) is 0. The van der Waals surface area contributed by atoms with Crippen LogP contribution in [0.15, 0.2) is 212 Å². The predicted octanol–water partition coefficient (Wildman–Crippen LogP) is 14.4. The van der Waals surface area contributed by atoms with Crippen LogP contribution >= 0.6 is 0 Å². The first-order chi connectivity index (χ1) is 28.3. The fourth-order valence-corrected chi connectivity index (χ4v) is 10.2. The predicted molar refractivity (Wildman–Crippen MR) is 237 cm³/mol. The quantitative estimate of drug-likeness (QED) is 0.161. The maximum Gasteiger partial charge on any atom is 0.0725 e. The van der Waals surface area contributed by atoms with Crippen molar-refractivity contribution in [2.45, 2.75) is 5.41 Å². The first-order valence-corrected chi connectivity index (χ1v) is 19.8. The summed E-state index contributed by atoms with van der Waals surface area (Å²) in [5, 5.41) is 5.17. The number of hydrogen-bond acceptors (Lipinski definition) is 1. The lowest BCUT2D eigenvalue weighted by atomic mass is 9.61. The van der Waals surface area contributed by atoms with Gasteiger partial charge in [0.05, 0.1) is 16.8 Å². The van der Waals surface area contributed by atoms with E-state index in [1.54, 1.807) is 0 Å². The van der Waals surface area contributed by atoms with E-state index in [1.165, 1.54) is 82.7 Å². The molecule has 0 fully saturated rings. The topological polar surface area (TPSA) is 12.9 Å². The van der Waals surface area contributed by atoms with Gasteiger partial charge >= 0.3 is 0 Å². The summed E-state index contributed by atoms with van der Waals surface area (Å²) in [5.74, 6) is 0. The second-order valence-electron chi connectivity index (χ2n) is 15.3. The van der Waals surface area contributed by atoms with Crippen LogP contribution in [0.4, 0.5) is 0 Å². The lowest BCUT2D eigenvalue weighted by Crippen LogP contribution is -2.31. The average Bonchev–Trinajstić information content (AvgIpc) is 3.60. The van der Waals surface area contributed by atoms with Gasteiger partial charge in [0.25, 0.3) is 0 Å². The van der Waals surface area contributed by atoms with E-state index in [0.717, 1.165) is 28.1 Å². The fraction of sp³-hybridized carbons (Fsp3) is 0.0179. The maximum absolute atomic E-state index is 5.24. The van der Waals surface area contributed by atoms with Crippen LogP contribution in [0.1, 0.15) is 22.3 Å². The molecule has 1 atom stereocenters. The monoisotopic (exact) mass is 721 g/mol. The Morgan fingerprint density at radius 2 is 0.825 bits per heavy atom. The standard InChI is InChI=1S/C56H35N/c1-4-16-36(17-5-1)40-34-50(37-18-6-2-7-19-37)57-51(35-40)38-30-32-39(33-31-38)52-43-23-10-11-24-44(43)53-47-27-14-25-45-42-22-12-13-28-48(42)56(55(45)47,41-20-8-3-9-21-41)49-29-15-26-46(52)54(49)53/h1-35H. The van der Waals surface area contributed by atoms with Crippen molar-refractivity contribution in [3.05, 3.63) is 235 Å². The third-order valence-electron chi connectivity index (χ3n) is 12.5. The van der Waals surface area contributed by atoms with Crippen LogP contribution in [0.2, 0.25) is 0 Å². The molecule has 10 aromatic rings. The van der Waals surface area contributed by atoms with Gasteiger partial charge in [0.2, 0.25) is 0 Å². The van der Waals surface area contributed by atoms with Crippen molar-refractivity contribution in [1.82, 2.24) is 4.98 Å². The van der Waals surface area contributed by atoms with Gasteiger partial charge in [0, 0.05) is 11.1 Å². The van der Waals surface area contributed by atoms with Gasteiger partial charge in [-0.15, -0.1) is 0 Å². The van der Waals surface area contributed by atoms with Crippen LogP contribution < -0.4 is 0 Å². The van der Waals surface area contributed by atoms with Gasteiger partial charge in [-0.05, 0) is 100 Å². The number of pyridine rings is 1. The second kappa shape index (κ2) is 12.3. The molecule has 0 radical (unpaired) electrons. The van der Waals surface area contributed by atoms with Crippen molar-refractivity contribution in [2.75, 3.05) is 0 Å². The second-order valence-corrected chi connectivity index (χ2v) is 15.3. The summed E-state index contributed by atoms with van der Waals surface area (Å²) >= 11 is 0. The van der Waals surface area contributed by atoms with Gasteiger partial charge in [-0.2, -0.15) is 0 Å². The van der Waals surface area contributed by atoms with Gasteiger partial charge in [0.15, 0.2) is 0 Å². The van der Waals surface area contributed by atoms with Crippen molar-refractivity contribution >= 4 is 21.5 Å². The molecule has 12 rings (SSSR count). The highest BCUT2D eigenvalue weighted by atomic mass is 14.7. The Morgan fingerprint density at radius 1 is 0.316 bits per heavy atom. The molecule has 57 heavy (non-hydrogen) atoms.